The van der Waals surface area contributed by atoms with Crippen molar-refractivity contribution in [2.75, 3.05) is 12.3 Å². The van der Waals surface area contributed by atoms with Crippen LogP contribution in [0.15, 0.2) is 23.1 Å². The number of ketones is 1. The number of nitrogens with two attached hydrogens (primary N) is 2. The van der Waals surface area contributed by atoms with Gasteiger partial charge in [-0.2, -0.15) is 0 Å². The zero-order valence-electron chi connectivity index (χ0n) is 13.3. The molecule has 0 atom stereocenters. The molecule has 0 radical (unpaired) electrons. The summed E-state index contributed by atoms with van der Waals surface area (Å²) in [5, 5.41) is 0. The number of carbonyl (C=O) groups excluding carboxylic acids is 1. The molecule has 22 heavy (non-hydrogen) atoms. The van der Waals surface area contributed by atoms with Crippen molar-refractivity contribution >= 4 is 15.6 Å². The van der Waals surface area contributed by atoms with E-state index in [-0.39, 0.29) is 28.9 Å². The molecular formula is C16H26N2O3S. The van der Waals surface area contributed by atoms with Gasteiger partial charge in [-0.25, -0.2) is 8.42 Å². The standard InChI is InChI=1S/C16H26N2O3S/c1-12(2)16(19)15-7-6-14(10-13(15)11-18)22(20,21)9-5-3-4-8-17/h6-7,10,12H,3-5,8-9,11,17-18H2,1-2H3. The minimum Gasteiger partial charge on any atom is -0.330 e. The zero-order chi connectivity index (χ0) is 16.8. The van der Waals surface area contributed by atoms with E-state index in [1.807, 2.05) is 13.8 Å². The molecule has 0 unspecified atom stereocenters. The molecule has 1 aromatic rings. The second-order valence-electron chi connectivity index (χ2n) is 5.71. The molecule has 5 nitrogen and oxygen atoms in total. The number of hydrogen-bond acceptors (Lipinski definition) is 5. The molecular weight excluding hydrogens is 300 g/mol. The second-order valence-corrected chi connectivity index (χ2v) is 7.82. The molecule has 0 aliphatic carbocycles. The highest BCUT2D eigenvalue weighted by Gasteiger charge is 2.19. The molecule has 0 saturated heterocycles. The van der Waals surface area contributed by atoms with E-state index in [4.69, 9.17) is 11.5 Å². The van der Waals surface area contributed by atoms with Crippen LogP contribution < -0.4 is 11.5 Å². The average Bonchev–Trinajstić information content (AvgIpc) is 2.50. The predicted molar refractivity (Wildman–Crippen MR) is 88.5 cm³/mol. The van der Waals surface area contributed by atoms with Gasteiger partial charge in [0.15, 0.2) is 15.6 Å². The van der Waals surface area contributed by atoms with Crippen molar-refractivity contribution in [2.24, 2.45) is 17.4 Å². The first-order valence-corrected chi connectivity index (χ1v) is 9.28. The van der Waals surface area contributed by atoms with E-state index < -0.39 is 9.84 Å². The lowest BCUT2D eigenvalue weighted by atomic mass is 9.96. The first-order valence-electron chi connectivity index (χ1n) is 7.63. The third-order valence-corrected chi connectivity index (χ3v) is 5.36. The smallest absolute Gasteiger partial charge is 0.178 e. The maximum atomic E-state index is 12.3. The summed E-state index contributed by atoms with van der Waals surface area (Å²) in [6, 6.07) is 4.62. The molecule has 0 spiro atoms. The number of hydrogen-bond donors (Lipinski definition) is 2. The van der Waals surface area contributed by atoms with Crippen LogP contribution in [-0.4, -0.2) is 26.5 Å². The van der Waals surface area contributed by atoms with Crippen LogP contribution in [0, 0.1) is 5.92 Å². The maximum absolute atomic E-state index is 12.3. The van der Waals surface area contributed by atoms with E-state index in [1.165, 1.54) is 12.1 Å². The fraction of sp³-hybridized carbons (Fsp3) is 0.562. The molecule has 0 amide bonds. The van der Waals surface area contributed by atoms with Crippen LogP contribution in [0.25, 0.3) is 0 Å². The van der Waals surface area contributed by atoms with E-state index in [2.05, 4.69) is 0 Å². The Morgan fingerprint density at radius 1 is 1.14 bits per heavy atom. The number of carbonyl (C=O) groups is 1. The lowest BCUT2D eigenvalue weighted by Crippen LogP contribution is -2.15. The summed E-state index contributed by atoms with van der Waals surface area (Å²) >= 11 is 0. The summed E-state index contributed by atoms with van der Waals surface area (Å²) in [7, 11) is -3.34. The second kappa shape index (κ2) is 8.41. The number of rotatable bonds is 9. The van der Waals surface area contributed by atoms with Crippen LogP contribution in [0.3, 0.4) is 0 Å². The maximum Gasteiger partial charge on any atom is 0.178 e. The van der Waals surface area contributed by atoms with E-state index in [0.29, 0.717) is 24.1 Å². The number of benzene rings is 1. The van der Waals surface area contributed by atoms with Gasteiger partial charge in [-0.1, -0.05) is 20.3 Å². The Labute approximate surface area is 133 Å². The van der Waals surface area contributed by atoms with Gasteiger partial charge in [0.1, 0.15) is 0 Å². The highest BCUT2D eigenvalue weighted by Crippen LogP contribution is 2.20. The lowest BCUT2D eigenvalue weighted by molar-refractivity contribution is 0.0938. The first-order chi connectivity index (χ1) is 10.3. The van der Waals surface area contributed by atoms with Crippen LogP contribution in [-0.2, 0) is 16.4 Å². The molecule has 4 N–H and O–H groups in total. The Balaban J connectivity index is 2.99. The van der Waals surface area contributed by atoms with Crippen LogP contribution in [0.4, 0.5) is 0 Å². The zero-order valence-corrected chi connectivity index (χ0v) is 14.2. The monoisotopic (exact) mass is 326 g/mol. The summed E-state index contributed by atoms with van der Waals surface area (Å²) in [4.78, 5) is 12.3. The van der Waals surface area contributed by atoms with Gasteiger partial charge in [-0.3, -0.25) is 4.79 Å². The van der Waals surface area contributed by atoms with Gasteiger partial charge in [-0.05, 0) is 43.1 Å². The Morgan fingerprint density at radius 3 is 2.36 bits per heavy atom. The Bertz CT molecular complexity index is 610. The quantitative estimate of drug-likeness (QED) is 0.533. The van der Waals surface area contributed by atoms with Gasteiger partial charge in [0.2, 0.25) is 0 Å². The topological polar surface area (TPSA) is 103 Å². The lowest BCUT2D eigenvalue weighted by Gasteiger charge is -2.12. The largest absolute Gasteiger partial charge is 0.330 e. The van der Waals surface area contributed by atoms with E-state index >= 15 is 0 Å². The molecule has 0 aromatic heterocycles. The summed E-state index contributed by atoms with van der Waals surface area (Å²) < 4.78 is 24.6. The van der Waals surface area contributed by atoms with E-state index in [1.54, 1.807) is 6.07 Å². The first kappa shape index (κ1) is 18.8. The summed E-state index contributed by atoms with van der Waals surface area (Å²) in [6.07, 6.45) is 2.21. The fourth-order valence-corrected chi connectivity index (χ4v) is 3.63. The molecule has 0 saturated carbocycles. The van der Waals surface area contributed by atoms with Crippen molar-refractivity contribution < 1.29 is 13.2 Å². The Hall–Kier alpha value is -1.24. The van der Waals surface area contributed by atoms with Crippen LogP contribution in [0.1, 0.15) is 49.0 Å². The summed E-state index contributed by atoms with van der Waals surface area (Å²) in [5.41, 5.74) is 12.2. The Morgan fingerprint density at radius 2 is 1.82 bits per heavy atom. The average molecular weight is 326 g/mol. The third kappa shape index (κ3) is 4.90. The van der Waals surface area contributed by atoms with Crippen LogP contribution in [0.5, 0.6) is 0 Å². The van der Waals surface area contributed by atoms with Crippen LogP contribution in [0.2, 0.25) is 0 Å². The molecule has 6 heteroatoms. The van der Waals surface area contributed by atoms with Crippen molar-refractivity contribution in [1.82, 2.24) is 0 Å². The molecule has 0 fully saturated rings. The van der Waals surface area contributed by atoms with E-state index in [0.717, 1.165) is 12.8 Å². The molecule has 1 aromatic carbocycles. The number of Topliss-reactive ketones (excluding diaryl/α,β-unsaturated/α-hetero) is 1. The number of unbranched alkanes of at least 4 members (excludes halogenated alkanes) is 2. The molecule has 0 heterocycles. The number of sulfone groups is 1. The van der Waals surface area contributed by atoms with Crippen molar-refractivity contribution in [3.05, 3.63) is 29.3 Å². The SMILES string of the molecule is CC(C)C(=O)c1ccc(S(=O)(=O)CCCCCN)cc1CN. The van der Waals surface area contributed by atoms with Crippen molar-refractivity contribution in [1.29, 1.82) is 0 Å². The van der Waals surface area contributed by atoms with E-state index in [9.17, 15) is 13.2 Å². The highest BCUT2D eigenvalue weighted by molar-refractivity contribution is 7.91. The van der Waals surface area contributed by atoms with Gasteiger partial charge in [0, 0.05) is 18.0 Å². The van der Waals surface area contributed by atoms with Crippen LogP contribution >= 0.6 is 0 Å². The molecule has 124 valence electrons. The molecule has 0 aliphatic rings. The van der Waals surface area contributed by atoms with Gasteiger partial charge < -0.3 is 11.5 Å². The minimum absolute atomic E-state index is 0.0210. The third-order valence-electron chi connectivity index (χ3n) is 3.56. The molecule has 1 rings (SSSR count). The van der Waals surface area contributed by atoms with Crippen molar-refractivity contribution in [2.45, 2.75) is 44.6 Å². The van der Waals surface area contributed by atoms with Crippen molar-refractivity contribution in [3.63, 3.8) is 0 Å². The predicted octanol–water partition coefficient (Wildman–Crippen LogP) is 1.89. The molecule has 0 bridgehead atoms. The van der Waals surface area contributed by atoms with Gasteiger partial charge >= 0.3 is 0 Å². The molecule has 0 aliphatic heterocycles. The van der Waals surface area contributed by atoms with Gasteiger partial charge in [-0.15, -0.1) is 0 Å². The minimum atomic E-state index is -3.34. The van der Waals surface area contributed by atoms with Gasteiger partial charge in [0.05, 0.1) is 10.6 Å². The summed E-state index contributed by atoms with van der Waals surface area (Å²) in [5.74, 6) is -0.0783. The van der Waals surface area contributed by atoms with Gasteiger partial charge in [0.25, 0.3) is 0 Å². The normalized spacial score (nSPS) is 11.9. The Kier molecular flexibility index (Phi) is 7.19. The highest BCUT2D eigenvalue weighted by atomic mass is 32.2. The fourth-order valence-electron chi connectivity index (χ4n) is 2.21. The summed E-state index contributed by atoms with van der Waals surface area (Å²) in [6.45, 7) is 4.34. The van der Waals surface area contributed by atoms with Crippen molar-refractivity contribution in [3.8, 4) is 0 Å².